The summed E-state index contributed by atoms with van der Waals surface area (Å²) in [4.78, 5) is 27.5. The van der Waals surface area contributed by atoms with Crippen molar-refractivity contribution in [2.24, 2.45) is 0 Å². The van der Waals surface area contributed by atoms with Crippen LogP contribution in [0, 0.1) is 0 Å². The third-order valence-electron chi connectivity index (χ3n) is 5.63. The van der Waals surface area contributed by atoms with Gasteiger partial charge in [-0.05, 0) is 61.5 Å². The highest BCUT2D eigenvalue weighted by Crippen LogP contribution is 2.36. The summed E-state index contributed by atoms with van der Waals surface area (Å²) >= 11 is 5.82. The summed E-state index contributed by atoms with van der Waals surface area (Å²) in [6.07, 6.45) is 1.43. The number of furan rings is 1. The number of anilines is 1. The fourth-order valence-electron chi connectivity index (χ4n) is 3.81. The van der Waals surface area contributed by atoms with Gasteiger partial charge in [0.25, 0.3) is 5.91 Å². The van der Waals surface area contributed by atoms with E-state index in [-0.39, 0.29) is 28.3 Å². The molecule has 11 heteroatoms. The Morgan fingerprint density at radius 1 is 1.11 bits per heavy atom. The number of rotatable bonds is 8. The molecule has 0 saturated heterocycles. The molecule has 2 aromatic carbocycles. The van der Waals surface area contributed by atoms with E-state index >= 15 is 0 Å². The molecule has 1 aromatic heterocycles. The van der Waals surface area contributed by atoms with Crippen LogP contribution in [-0.2, 0) is 30.9 Å². The molecule has 0 spiro atoms. The molecule has 9 nitrogen and oxygen atoms in total. The van der Waals surface area contributed by atoms with Crippen molar-refractivity contribution in [3.05, 3.63) is 94.1 Å². The van der Waals surface area contributed by atoms with Crippen LogP contribution in [0.2, 0.25) is 5.02 Å². The highest BCUT2D eigenvalue weighted by molar-refractivity contribution is 7.89. The number of esters is 1. The van der Waals surface area contributed by atoms with Gasteiger partial charge in [0.15, 0.2) is 0 Å². The quantitative estimate of drug-likeness (QED) is 0.333. The number of methoxy groups -OCH3 is 2. The number of benzene rings is 2. The van der Waals surface area contributed by atoms with Crippen molar-refractivity contribution in [2.75, 3.05) is 19.1 Å². The first-order chi connectivity index (χ1) is 17.6. The summed E-state index contributed by atoms with van der Waals surface area (Å²) in [6, 6.07) is 15.8. The first-order valence-electron chi connectivity index (χ1n) is 11.0. The molecule has 0 radical (unpaired) electrons. The van der Waals surface area contributed by atoms with E-state index < -0.39 is 21.9 Å². The molecule has 0 aliphatic carbocycles. The van der Waals surface area contributed by atoms with Gasteiger partial charge in [-0.2, -0.15) is 0 Å². The van der Waals surface area contributed by atoms with Crippen molar-refractivity contribution in [3.63, 3.8) is 0 Å². The summed E-state index contributed by atoms with van der Waals surface area (Å²) in [7, 11) is -1.05. The fourth-order valence-corrected chi connectivity index (χ4v) is 4.93. The van der Waals surface area contributed by atoms with Gasteiger partial charge in [0.1, 0.15) is 17.3 Å². The molecule has 37 heavy (non-hydrogen) atoms. The molecule has 0 fully saturated rings. The van der Waals surface area contributed by atoms with Crippen LogP contribution in [-0.4, -0.2) is 34.5 Å². The van der Waals surface area contributed by atoms with E-state index in [2.05, 4.69) is 4.72 Å². The number of carbonyl (C=O) groups excluding carboxylic acids is 2. The molecule has 1 aliphatic rings. The summed E-state index contributed by atoms with van der Waals surface area (Å²) in [5.41, 5.74) is 1.08. The minimum atomic E-state index is -3.80. The van der Waals surface area contributed by atoms with E-state index in [4.69, 9.17) is 25.5 Å². The Morgan fingerprint density at radius 2 is 1.84 bits per heavy atom. The lowest BCUT2D eigenvalue weighted by Gasteiger charge is -2.18. The van der Waals surface area contributed by atoms with Gasteiger partial charge < -0.3 is 13.9 Å². The number of sulfonamides is 1. The van der Waals surface area contributed by atoms with Crippen molar-refractivity contribution >= 4 is 45.3 Å². The molecule has 1 N–H and O–H groups in total. The Hall–Kier alpha value is -3.86. The lowest BCUT2D eigenvalue weighted by Crippen LogP contribution is -2.24. The number of halogens is 1. The molecular weight excluding hydrogens is 520 g/mol. The van der Waals surface area contributed by atoms with E-state index in [1.807, 2.05) is 0 Å². The number of nitrogens with zero attached hydrogens (tertiary/aromatic N) is 1. The Labute approximate surface area is 219 Å². The van der Waals surface area contributed by atoms with Gasteiger partial charge in [-0.1, -0.05) is 17.7 Å². The van der Waals surface area contributed by atoms with E-state index in [0.29, 0.717) is 27.9 Å². The first-order valence-corrected chi connectivity index (χ1v) is 12.8. The second-order valence-electron chi connectivity index (χ2n) is 7.93. The van der Waals surface area contributed by atoms with Crippen LogP contribution in [0.3, 0.4) is 0 Å². The average Bonchev–Trinajstić information content (AvgIpc) is 3.44. The molecule has 0 unspecified atom stereocenters. The Balaban J connectivity index is 1.60. The number of amides is 1. The number of nitrogens with one attached hydrogen (secondary N) is 1. The highest BCUT2D eigenvalue weighted by Gasteiger charge is 2.38. The van der Waals surface area contributed by atoms with Crippen LogP contribution in [0.1, 0.15) is 18.4 Å². The zero-order valence-corrected chi connectivity index (χ0v) is 21.7. The maximum atomic E-state index is 13.4. The third-order valence-corrected chi connectivity index (χ3v) is 7.30. The molecule has 1 amide bonds. The number of hydrogen-bond acceptors (Lipinski definition) is 7. The van der Waals surface area contributed by atoms with Crippen molar-refractivity contribution in [3.8, 4) is 5.75 Å². The Morgan fingerprint density at radius 3 is 2.51 bits per heavy atom. The molecular formula is C26H23ClN2O7S. The van der Waals surface area contributed by atoms with Gasteiger partial charge in [-0.15, -0.1) is 0 Å². The molecule has 4 rings (SSSR count). The molecule has 1 aliphatic heterocycles. The van der Waals surface area contributed by atoms with Crippen LogP contribution in [0.15, 0.2) is 86.8 Å². The monoisotopic (exact) mass is 542 g/mol. The second kappa shape index (κ2) is 10.6. The fraction of sp³-hybridized carbons (Fsp3) is 0.154. The van der Waals surface area contributed by atoms with Crippen LogP contribution in [0.4, 0.5) is 5.69 Å². The van der Waals surface area contributed by atoms with Gasteiger partial charge >= 0.3 is 5.97 Å². The van der Waals surface area contributed by atoms with Crippen molar-refractivity contribution < 1.29 is 31.9 Å². The minimum absolute atomic E-state index is 0.0586. The normalized spacial score (nSPS) is 15.0. The largest absolute Gasteiger partial charge is 0.497 e. The molecule has 0 atom stereocenters. The highest BCUT2D eigenvalue weighted by atomic mass is 35.5. The van der Waals surface area contributed by atoms with Crippen LogP contribution in [0.5, 0.6) is 5.75 Å². The molecule has 0 bridgehead atoms. The predicted molar refractivity (Wildman–Crippen MR) is 137 cm³/mol. The minimum Gasteiger partial charge on any atom is -0.497 e. The topological polar surface area (TPSA) is 115 Å². The van der Waals surface area contributed by atoms with Crippen molar-refractivity contribution in [1.29, 1.82) is 0 Å². The lowest BCUT2D eigenvalue weighted by molar-refractivity contribution is -0.136. The van der Waals surface area contributed by atoms with Crippen LogP contribution < -0.4 is 14.4 Å². The van der Waals surface area contributed by atoms with Gasteiger partial charge in [0.2, 0.25) is 10.0 Å². The van der Waals surface area contributed by atoms with Crippen molar-refractivity contribution in [1.82, 2.24) is 4.72 Å². The van der Waals surface area contributed by atoms with E-state index in [1.54, 1.807) is 43.3 Å². The molecule has 0 saturated carbocycles. The second-order valence-corrected chi connectivity index (χ2v) is 10.1. The number of hydrogen-bond donors (Lipinski definition) is 1. The van der Waals surface area contributed by atoms with Crippen LogP contribution >= 0.6 is 11.6 Å². The SMILES string of the molecule is COC(=O)C1=C(C)N(c2cccc(OC)c2)C(=O)C1=Cc1ccc(CNS(=O)(=O)c2ccc(Cl)cc2)o1. The zero-order valence-electron chi connectivity index (χ0n) is 20.1. The van der Waals surface area contributed by atoms with Gasteiger partial charge in [0, 0.05) is 16.8 Å². The van der Waals surface area contributed by atoms with Crippen molar-refractivity contribution in [2.45, 2.75) is 18.4 Å². The number of allylic oxidation sites excluding steroid dienone is 1. The summed E-state index contributed by atoms with van der Waals surface area (Å²) in [5.74, 6) is -0.0186. The molecule has 2 heterocycles. The summed E-state index contributed by atoms with van der Waals surface area (Å²) in [5, 5.41) is 0.421. The molecule has 192 valence electrons. The van der Waals surface area contributed by atoms with Gasteiger partial charge in [0.05, 0.1) is 42.5 Å². The summed E-state index contributed by atoms with van der Waals surface area (Å²) in [6.45, 7) is 1.51. The standard InChI is InChI=1S/C26H23ClN2O7S/c1-16-24(26(31)35-3)23(25(30)29(16)18-5-4-6-19(13-18)34-2)14-20-9-10-21(36-20)15-28-37(32,33)22-11-7-17(27)8-12-22/h4-14,28H,15H2,1-3H3. The third kappa shape index (κ3) is 5.46. The smallest absolute Gasteiger partial charge is 0.340 e. The molecule has 3 aromatic rings. The number of ether oxygens (including phenoxy) is 2. The van der Waals surface area contributed by atoms with E-state index in [0.717, 1.165) is 0 Å². The van der Waals surface area contributed by atoms with Crippen LogP contribution in [0.25, 0.3) is 6.08 Å². The zero-order chi connectivity index (χ0) is 26.7. The maximum Gasteiger partial charge on any atom is 0.340 e. The first kappa shape index (κ1) is 26.2. The summed E-state index contributed by atoms with van der Waals surface area (Å²) < 4.78 is 43.4. The van der Waals surface area contributed by atoms with E-state index in [9.17, 15) is 18.0 Å². The number of carbonyl (C=O) groups is 2. The predicted octanol–water partition coefficient (Wildman–Crippen LogP) is 4.30. The maximum absolute atomic E-state index is 13.4. The van der Waals surface area contributed by atoms with Gasteiger partial charge in [-0.25, -0.2) is 17.9 Å². The van der Waals surface area contributed by atoms with E-state index in [1.165, 1.54) is 49.5 Å². The van der Waals surface area contributed by atoms with Gasteiger partial charge in [-0.3, -0.25) is 9.69 Å². The Bertz CT molecular complexity index is 1520. The lowest BCUT2D eigenvalue weighted by atomic mass is 10.1. The average molecular weight is 543 g/mol. The Kier molecular flexibility index (Phi) is 7.53.